The highest BCUT2D eigenvalue weighted by atomic mass is 16.5. The third-order valence-electron chi connectivity index (χ3n) is 3.23. The molecule has 0 aromatic heterocycles. The highest BCUT2D eigenvalue weighted by molar-refractivity contribution is 6.39. The van der Waals surface area contributed by atoms with Crippen LogP contribution in [0.4, 0.5) is 5.69 Å². The number of ether oxygens (including phenoxy) is 1. The first-order valence-electron chi connectivity index (χ1n) is 7.85. The van der Waals surface area contributed by atoms with Crippen LogP contribution in [-0.4, -0.2) is 17.9 Å². The van der Waals surface area contributed by atoms with Crippen LogP contribution in [-0.2, 0) is 16.1 Å². The van der Waals surface area contributed by atoms with Crippen LogP contribution in [0.3, 0.4) is 0 Å². The van der Waals surface area contributed by atoms with Crippen molar-refractivity contribution in [2.75, 3.05) is 5.32 Å². The Morgan fingerprint density at radius 2 is 1.75 bits per heavy atom. The predicted octanol–water partition coefficient (Wildman–Crippen LogP) is 3.04. The largest absolute Gasteiger partial charge is 0.491 e. The van der Waals surface area contributed by atoms with Crippen molar-refractivity contribution in [2.45, 2.75) is 33.4 Å². The molecule has 0 aliphatic carbocycles. The Morgan fingerprint density at radius 3 is 2.38 bits per heavy atom. The van der Waals surface area contributed by atoms with E-state index < -0.39 is 11.8 Å². The number of hydrogen-bond donors (Lipinski definition) is 2. The topological polar surface area (TPSA) is 67.4 Å². The maximum absolute atomic E-state index is 11.9. The number of anilines is 1. The zero-order valence-corrected chi connectivity index (χ0v) is 14.1. The fraction of sp³-hybridized carbons (Fsp3) is 0.263. The number of hydrogen-bond acceptors (Lipinski definition) is 3. The van der Waals surface area contributed by atoms with Gasteiger partial charge in [-0.15, -0.1) is 0 Å². The monoisotopic (exact) mass is 326 g/mol. The first-order chi connectivity index (χ1) is 11.4. The van der Waals surface area contributed by atoms with Crippen molar-refractivity contribution in [3.63, 3.8) is 0 Å². The lowest BCUT2D eigenvalue weighted by Gasteiger charge is -2.10. The lowest BCUT2D eigenvalue weighted by molar-refractivity contribution is -0.136. The minimum atomic E-state index is -0.694. The Labute approximate surface area is 142 Å². The van der Waals surface area contributed by atoms with Gasteiger partial charge < -0.3 is 15.4 Å². The first kappa shape index (κ1) is 17.5. The van der Waals surface area contributed by atoms with Crippen molar-refractivity contribution in [2.24, 2.45) is 0 Å². The number of benzene rings is 2. The van der Waals surface area contributed by atoms with Crippen molar-refractivity contribution in [3.05, 3.63) is 59.7 Å². The molecule has 0 aliphatic rings. The van der Waals surface area contributed by atoms with Crippen LogP contribution < -0.4 is 15.4 Å². The van der Waals surface area contributed by atoms with Crippen LogP contribution in [0.15, 0.2) is 48.5 Å². The van der Waals surface area contributed by atoms with Crippen molar-refractivity contribution in [1.29, 1.82) is 0 Å². The van der Waals surface area contributed by atoms with Crippen LogP contribution in [0.2, 0.25) is 0 Å². The van der Waals surface area contributed by atoms with Crippen molar-refractivity contribution >= 4 is 17.5 Å². The van der Waals surface area contributed by atoms with E-state index in [4.69, 9.17) is 4.74 Å². The smallest absolute Gasteiger partial charge is 0.313 e. The summed E-state index contributed by atoms with van der Waals surface area (Å²) in [5.74, 6) is -0.647. The summed E-state index contributed by atoms with van der Waals surface area (Å²) in [6, 6.07) is 14.7. The summed E-state index contributed by atoms with van der Waals surface area (Å²) in [6.45, 7) is 6.17. The molecule has 0 aliphatic heterocycles. The second-order valence-corrected chi connectivity index (χ2v) is 5.82. The van der Waals surface area contributed by atoms with E-state index in [1.807, 2.05) is 45.0 Å². The Bertz CT molecular complexity index is 709. The maximum atomic E-state index is 11.9. The molecule has 0 spiro atoms. The Balaban J connectivity index is 1.86. The zero-order valence-electron chi connectivity index (χ0n) is 14.1. The van der Waals surface area contributed by atoms with Crippen molar-refractivity contribution < 1.29 is 14.3 Å². The van der Waals surface area contributed by atoms with Crippen LogP contribution >= 0.6 is 0 Å². The lowest BCUT2D eigenvalue weighted by atomic mass is 10.1. The molecule has 0 saturated carbocycles. The average molecular weight is 326 g/mol. The standard InChI is InChI=1S/C19H22N2O3/c1-13(2)24-17-9-7-16(8-10-17)21-19(23)18(22)20-12-15-6-4-5-14(3)11-15/h4-11,13H,12H2,1-3H3,(H,20,22)(H,21,23). The molecule has 0 fully saturated rings. The minimum absolute atomic E-state index is 0.0813. The molecule has 0 atom stereocenters. The molecule has 0 saturated heterocycles. The molecule has 2 amide bonds. The highest BCUT2D eigenvalue weighted by Gasteiger charge is 2.13. The average Bonchev–Trinajstić information content (AvgIpc) is 2.54. The fourth-order valence-electron chi connectivity index (χ4n) is 2.16. The van der Waals surface area contributed by atoms with E-state index in [1.54, 1.807) is 24.3 Å². The van der Waals surface area contributed by atoms with Gasteiger partial charge >= 0.3 is 11.8 Å². The highest BCUT2D eigenvalue weighted by Crippen LogP contribution is 2.16. The molecule has 0 bridgehead atoms. The quantitative estimate of drug-likeness (QED) is 0.830. The van der Waals surface area contributed by atoms with Gasteiger partial charge in [0.1, 0.15) is 5.75 Å². The zero-order chi connectivity index (χ0) is 17.5. The molecule has 5 heteroatoms. The molecule has 24 heavy (non-hydrogen) atoms. The number of carbonyl (C=O) groups is 2. The third-order valence-corrected chi connectivity index (χ3v) is 3.23. The van der Waals surface area contributed by atoms with Gasteiger partial charge in [0.2, 0.25) is 0 Å². The van der Waals surface area contributed by atoms with E-state index in [2.05, 4.69) is 10.6 Å². The second-order valence-electron chi connectivity index (χ2n) is 5.82. The van der Waals surface area contributed by atoms with Gasteiger partial charge in [0.15, 0.2) is 0 Å². The van der Waals surface area contributed by atoms with Crippen LogP contribution in [0.25, 0.3) is 0 Å². The Kier molecular flexibility index (Phi) is 5.95. The fourth-order valence-corrected chi connectivity index (χ4v) is 2.16. The molecule has 0 unspecified atom stereocenters. The van der Waals surface area contributed by atoms with Crippen LogP contribution in [0, 0.1) is 6.92 Å². The van der Waals surface area contributed by atoms with Gasteiger partial charge in [0.05, 0.1) is 6.10 Å². The summed E-state index contributed by atoms with van der Waals surface area (Å²) in [6.07, 6.45) is 0.0813. The summed E-state index contributed by atoms with van der Waals surface area (Å²) < 4.78 is 5.53. The summed E-state index contributed by atoms with van der Waals surface area (Å²) >= 11 is 0. The van der Waals surface area contributed by atoms with E-state index in [-0.39, 0.29) is 6.10 Å². The molecule has 0 radical (unpaired) electrons. The van der Waals surface area contributed by atoms with E-state index in [1.165, 1.54) is 0 Å². The van der Waals surface area contributed by atoms with Gasteiger partial charge in [-0.1, -0.05) is 29.8 Å². The normalized spacial score (nSPS) is 10.3. The van der Waals surface area contributed by atoms with Gasteiger partial charge in [-0.3, -0.25) is 9.59 Å². The van der Waals surface area contributed by atoms with E-state index in [9.17, 15) is 9.59 Å². The van der Waals surface area contributed by atoms with Gasteiger partial charge in [-0.2, -0.15) is 0 Å². The molecule has 0 heterocycles. The van der Waals surface area contributed by atoms with Crippen molar-refractivity contribution in [1.82, 2.24) is 5.32 Å². The van der Waals surface area contributed by atoms with Gasteiger partial charge in [-0.25, -0.2) is 0 Å². The third kappa shape index (κ3) is 5.43. The maximum Gasteiger partial charge on any atom is 0.313 e. The number of amides is 2. The van der Waals surface area contributed by atoms with Crippen LogP contribution in [0.1, 0.15) is 25.0 Å². The van der Waals surface area contributed by atoms with Crippen molar-refractivity contribution in [3.8, 4) is 5.75 Å². The van der Waals surface area contributed by atoms with Crippen LogP contribution in [0.5, 0.6) is 5.75 Å². The number of aryl methyl sites for hydroxylation is 1. The number of carbonyl (C=O) groups excluding carboxylic acids is 2. The summed E-state index contributed by atoms with van der Waals surface area (Å²) in [4.78, 5) is 23.8. The summed E-state index contributed by atoms with van der Waals surface area (Å²) in [7, 11) is 0. The Morgan fingerprint density at radius 1 is 1.04 bits per heavy atom. The van der Waals surface area contributed by atoms with Gasteiger partial charge in [0.25, 0.3) is 0 Å². The molecule has 2 aromatic carbocycles. The Hall–Kier alpha value is -2.82. The van der Waals surface area contributed by atoms with Gasteiger partial charge in [-0.05, 0) is 50.6 Å². The SMILES string of the molecule is Cc1cccc(CNC(=O)C(=O)Nc2ccc(OC(C)C)cc2)c1. The van der Waals surface area contributed by atoms with Gasteiger partial charge in [0, 0.05) is 12.2 Å². The van der Waals surface area contributed by atoms with E-state index in [0.717, 1.165) is 11.1 Å². The number of nitrogens with one attached hydrogen (secondary N) is 2. The summed E-state index contributed by atoms with van der Waals surface area (Å²) in [5.41, 5.74) is 2.60. The molecule has 2 aromatic rings. The number of rotatable bonds is 5. The van der Waals surface area contributed by atoms with E-state index >= 15 is 0 Å². The first-order valence-corrected chi connectivity index (χ1v) is 7.85. The predicted molar refractivity (Wildman–Crippen MR) is 93.9 cm³/mol. The van der Waals surface area contributed by atoms with E-state index in [0.29, 0.717) is 18.0 Å². The summed E-state index contributed by atoms with van der Waals surface area (Å²) in [5, 5.41) is 5.17. The molecule has 126 valence electrons. The lowest BCUT2D eigenvalue weighted by Crippen LogP contribution is -2.34. The molecular formula is C19H22N2O3. The molecule has 5 nitrogen and oxygen atoms in total. The second kappa shape index (κ2) is 8.15. The molecular weight excluding hydrogens is 304 g/mol. The molecule has 2 rings (SSSR count). The molecule has 2 N–H and O–H groups in total. The minimum Gasteiger partial charge on any atom is -0.491 e.